The maximum Gasteiger partial charge on any atom is 0.490 e. The Morgan fingerprint density at radius 2 is 1.59 bits per heavy atom. The second-order valence-corrected chi connectivity index (χ2v) is 24.2. The van der Waals surface area contributed by atoms with Crippen molar-refractivity contribution in [3.05, 3.63) is 93.7 Å². The van der Waals surface area contributed by atoms with E-state index in [0.29, 0.717) is 49.2 Å². The number of allylic oxidation sites excluding steroid dienone is 4. The number of ether oxygens (including phenoxy) is 1. The lowest BCUT2D eigenvalue weighted by molar-refractivity contribution is -0.438. The maximum atomic E-state index is 12.8. The average Bonchev–Trinajstić information content (AvgIpc) is 3.76. The van der Waals surface area contributed by atoms with Gasteiger partial charge in [-0.25, -0.2) is 35.3 Å². The van der Waals surface area contributed by atoms with Gasteiger partial charge in [-0.3, -0.25) is 9.09 Å². The Labute approximate surface area is 396 Å². The molecule has 1 saturated heterocycles. The minimum absolute atomic E-state index is 0.115. The van der Waals surface area contributed by atoms with E-state index < -0.39 is 85.3 Å². The Bertz CT molecular complexity index is 3160. The molecule has 7 N–H and O–H groups in total. The molecule has 3 aromatic rings. The predicted octanol–water partition coefficient (Wildman–Crippen LogP) is 3.48. The Morgan fingerprint density at radius 3 is 2.22 bits per heavy atom. The quantitative estimate of drug-likeness (QED) is 0.0370. The SMILES string of the molecule is CCN1/C(=C/C=C/C2=[N+](CCCCC#Cc3cn([C@H]4C[C@@H](O)[C@@H](COP(=O)(O)OP(=O)(O)OP(=O)(O)O)O4)c(=O)nc3N)c3ccc(S(=O)(=O)[O-])cc3C2(C)C)C(C)(C)c2cc(S(=O)(=O)[O-])ccc21. The van der Waals surface area contributed by atoms with Crippen molar-refractivity contribution in [2.75, 3.05) is 30.3 Å². The van der Waals surface area contributed by atoms with Gasteiger partial charge in [0, 0.05) is 66.5 Å². The fraction of sp³-hybridized carbons (Fsp3) is 0.425. The number of nitrogens with zero attached hydrogens (tertiary/aromatic N) is 4. The number of aromatic nitrogens is 2. The number of nitrogen functional groups attached to an aromatic ring is 1. The van der Waals surface area contributed by atoms with E-state index in [1.807, 2.05) is 62.3 Å². The fourth-order valence-electron chi connectivity index (χ4n) is 8.36. The molecule has 2 unspecified atom stereocenters. The van der Waals surface area contributed by atoms with Gasteiger partial charge in [-0.15, -0.1) is 0 Å². The molecule has 24 nitrogen and oxygen atoms in total. The van der Waals surface area contributed by atoms with Gasteiger partial charge in [0.2, 0.25) is 5.69 Å². The van der Waals surface area contributed by atoms with Crippen LogP contribution in [0.25, 0.3) is 0 Å². The lowest BCUT2D eigenvalue weighted by atomic mass is 9.81. The molecule has 1 aromatic heterocycles. The van der Waals surface area contributed by atoms with E-state index >= 15 is 0 Å². The Balaban J connectivity index is 1.17. The van der Waals surface area contributed by atoms with Crippen LogP contribution in [0, 0.1) is 11.8 Å². The number of benzene rings is 2. The second kappa shape index (κ2) is 19.8. The van der Waals surface area contributed by atoms with E-state index in [1.165, 1.54) is 30.5 Å². The van der Waals surface area contributed by atoms with E-state index in [4.69, 9.17) is 20.3 Å². The molecule has 0 spiro atoms. The lowest BCUT2D eigenvalue weighted by Gasteiger charge is -2.25. The van der Waals surface area contributed by atoms with E-state index in [0.717, 1.165) is 21.7 Å². The van der Waals surface area contributed by atoms with Crippen molar-refractivity contribution in [1.29, 1.82) is 0 Å². The summed E-state index contributed by atoms with van der Waals surface area (Å²) in [6.07, 6.45) is 3.95. The molecule has 0 aliphatic carbocycles. The second-order valence-electron chi connectivity index (χ2n) is 17.0. The van der Waals surface area contributed by atoms with Crippen molar-refractivity contribution >= 4 is 66.6 Å². The molecule has 0 radical (unpaired) electrons. The molecule has 376 valence electrons. The molecular formula is C40H49N5O19P3S2-. The number of hydrogen-bond acceptors (Lipinski definition) is 18. The number of hydrogen-bond donors (Lipinski definition) is 6. The summed E-state index contributed by atoms with van der Waals surface area (Å²) in [6, 6.07) is 8.56. The largest absolute Gasteiger partial charge is 0.744 e. The predicted molar refractivity (Wildman–Crippen MR) is 243 cm³/mol. The summed E-state index contributed by atoms with van der Waals surface area (Å²) in [4.78, 5) is 54.5. The zero-order chi connectivity index (χ0) is 51.3. The number of likely N-dealkylation sites (N-methyl/N-ethyl adjacent to an activating group) is 1. The molecule has 0 amide bonds. The number of aliphatic hydroxyl groups excluding tert-OH is 1. The first-order chi connectivity index (χ1) is 31.8. The first-order valence-corrected chi connectivity index (χ1v) is 28.1. The molecule has 69 heavy (non-hydrogen) atoms. The van der Waals surface area contributed by atoms with E-state index in [9.17, 15) is 59.3 Å². The molecule has 0 bridgehead atoms. The summed E-state index contributed by atoms with van der Waals surface area (Å²) in [6.45, 7) is 9.63. The molecule has 29 heteroatoms. The Morgan fingerprint density at radius 1 is 0.957 bits per heavy atom. The zero-order valence-corrected chi connectivity index (χ0v) is 41.7. The van der Waals surface area contributed by atoms with Gasteiger partial charge < -0.3 is 49.2 Å². The lowest BCUT2D eigenvalue weighted by Crippen LogP contribution is -2.29. The van der Waals surface area contributed by atoms with Gasteiger partial charge in [0.05, 0.1) is 33.5 Å². The van der Waals surface area contributed by atoms with Crippen molar-refractivity contribution in [2.24, 2.45) is 0 Å². The van der Waals surface area contributed by atoms with E-state index in [-0.39, 0.29) is 27.6 Å². The summed E-state index contributed by atoms with van der Waals surface area (Å²) in [5.41, 5.74) is 8.11. The van der Waals surface area contributed by atoms with Gasteiger partial charge in [-0.05, 0) is 69.2 Å². The van der Waals surface area contributed by atoms with Gasteiger partial charge in [0.15, 0.2) is 5.71 Å². The first-order valence-electron chi connectivity index (χ1n) is 20.8. The van der Waals surface area contributed by atoms with Gasteiger partial charge in [-0.2, -0.15) is 18.2 Å². The van der Waals surface area contributed by atoms with E-state index in [2.05, 4.69) is 30.0 Å². The molecule has 3 aliphatic heterocycles. The number of anilines is 2. The minimum Gasteiger partial charge on any atom is -0.744 e. The van der Waals surface area contributed by atoms with Crippen LogP contribution in [0.5, 0.6) is 0 Å². The molecule has 3 aliphatic rings. The van der Waals surface area contributed by atoms with Gasteiger partial charge in [0.25, 0.3) is 0 Å². The van der Waals surface area contributed by atoms with Crippen molar-refractivity contribution in [2.45, 2.75) is 99.4 Å². The standard InChI is InChI=1S/C40H50N5O19P3S2/c1-6-43-30-17-15-26(68(55,56)57)20-28(30)39(2,3)34(43)13-11-14-35-40(4,5)29-21-27(69(58,59)60)16-18-31(29)44(35)19-10-8-7-9-12-25-23-45(38(47)42-37(25)41)36-22-32(46)33(62-36)24-61-66(51,52)64-67(53,54)63-65(48,49)50/h11,13-18,20-21,23,32-33,36,46H,6-8,10,19,22,24H2,1-5H3,(H7-,41,42,47,48,49,50,51,52,53,54,55,56,57,58,59,60)/p-1/t32-,33-,36-/m1/s1. The number of rotatable bonds is 17. The summed E-state index contributed by atoms with van der Waals surface area (Å²) < 4.78 is 127. The van der Waals surface area contributed by atoms with Crippen molar-refractivity contribution in [3.63, 3.8) is 0 Å². The van der Waals surface area contributed by atoms with Crippen LogP contribution in [0.4, 0.5) is 17.2 Å². The number of aliphatic hydroxyl groups is 1. The molecule has 4 heterocycles. The highest BCUT2D eigenvalue weighted by Crippen LogP contribution is 2.66. The number of fused-ring (bicyclic) bond motifs is 2. The molecular weight excluding hydrogens is 1010 g/mol. The number of phosphoric acid groups is 3. The normalized spacial score (nSPS) is 22.3. The maximum absolute atomic E-state index is 12.8. The molecule has 0 saturated carbocycles. The van der Waals surface area contributed by atoms with Gasteiger partial charge in [-0.1, -0.05) is 31.8 Å². The average molecular weight is 1060 g/mol. The van der Waals surface area contributed by atoms with Gasteiger partial charge in [0.1, 0.15) is 44.9 Å². The van der Waals surface area contributed by atoms with Crippen molar-refractivity contribution < 1.29 is 86.8 Å². The van der Waals surface area contributed by atoms with Gasteiger partial charge >= 0.3 is 29.2 Å². The monoisotopic (exact) mass is 1060 g/mol. The Kier molecular flexibility index (Phi) is 15.5. The van der Waals surface area contributed by atoms with Crippen LogP contribution in [-0.4, -0.2) is 102 Å². The fourth-order valence-corrected chi connectivity index (χ4v) is 12.4. The number of phosphoric ester groups is 1. The van der Waals surface area contributed by atoms with Crippen molar-refractivity contribution in [1.82, 2.24) is 9.55 Å². The summed E-state index contributed by atoms with van der Waals surface area (Å²) in [7, 11) is -26.4. The highest BCUT2D eigenvalue weighted by Gasteiger charge is 2.46. The molecule has 5 atom stereocenters. The highest BCUT2D eigenvalue weighted by atomic mass is 32.2. The van der Waals surface area contributed by atoms with Crippen LogP contribution in [0.1, 0.15) is 83.2 Å². The van der Waals surface area contributed by atoms with E-state index in [1.54, 1.807) is 12.1 Å². The topological polar surface area (TPSA) is 371 Å². The van der Waals surface area contributed by atoms with Crippen LogP contribution >= 0.6 is 23.5 Å². The third kappa shape index (κ3) is 12.3. The van der Waals surface area contributed by atoms with Crippen molar-refractivity contribution in [3.8, 4) is 11.8 Å². The summed E-state index contributed by atoms with van der Waals surface area (Å²) in [5.74, 6) is 5.64. The summed E-state index contributed by atoms with van der Waals surface area (Å²) in [5, 5.41) is 10.5. The molecule has 1 fully saturated rings. The van der Waals surface area contributed by atoms with Crippen LogP contribution in [0.15, 0.2) is 81.1 Å². The third-order valence-corrected chi connectivity index (χ3v) is 17.1. The Hall–Kier alpha value is -4.22. The number of unbranched alkanes of at least 4 members (excludes halogenated alkanes) is 2. The third-order valence-electron chi connectivity index (χ3n) is 11.6. The van der Waals surface area contributed by atoms with Crippen LogP contribution in [0.3, 0.4) is 0 Å². The smallest absolute Gasteiger partial charge is 0.490 e. The van der Waals surface area contributed by atoms with Crippen LogP contribution in [-0.2, 0) is 62.6 Å². The van der Waals surface area contributed by atoms with Crippen LogP contribution < -0.4 is 16.3 Å². The zero-order valence-electron chi connectivity index (χ0n) is 37.4. The first kappa shape index (κ1) is 54.1. The molecule has 6 rings (SSSR count). The minimum atomic E-state index is -5.79. The summed E-state index contributed by atoms with van der Waals surface area (Å²) >= 11 is 0. The number of nitrogens with two attached hydrogens (primary N) is 1. The highest BCUT2D eigenvalue weighted by molar-refractivity contribution is 7.86. The molecule has 2 aromatic carbocycles. The van der Waals surface area contributed by atoms with Crippen LogP contribution in [0.2, 0.25) is 0 Å².